The van der Waals surface area contributed by atoms with Crippen LogP contribution in [-0.2, 0) is 14.8 Å². The van der Waals surface area contributed by atoms with E-state index in [1.807, 2.05) is 0 Å². The first kappa shape index (κ1) is 22.5. The van der Waals surface area contributed by atoms with Crippen molar-refractivity contribution in [1.29, 1.82) is 0 Å². The van der Waals surface area contributed by atoms with Crippen molar-refractivity contribution in [2.75, 3.05) is 31.9 Å². The van der Waals surface area contributed by atoms with E-state index >= 15 is 0 Å². The second-order valence-corrected chi connectivity index (χ2v) is 10.2. The Balaban J connectivity index is 1.34. The number of carbonyl (C=O) groups is 1. The molecule has 0 saturated carbocycles. The maximum atomic E-state index is 12.8. The number of nitrogens with zero attached hydrogens (tertiary/aromatic N) is 4. The van der Waals surface area contributed by atoms with Crippen LogP contribution in [0.5, 0.6) is 0 Å². The Kier molecular flexibility index (Phi) is 6.38. The molecule has 32 heavy (non-hydrogen) atoms. The normalized spacial score (nSPS) is 15.2. The Morgan fingerprint density at radius 3 is 2.66 bits per heavy atom. The number of oxazole rings is 1. The SMILES string of the molecule is O=C(CSc1nc2cc(Cl)ccc2o1)N1CCN(S(=O)(=O)c2cccc([N+](=O)[O-])c2)CC1. The standard InChI is InChI=1S/C19H17ClN4O6S2/c20-13-4-5-17-16(10-13)21-19(30-17)31-12-18(25)22-6-8-23(9-7-22)32(28,29)15-3-1-2-14(11-15)24(26)27/h1-5,10-11H,6-9,12H2. The van der Waals surface area contributed by atoms with E-state index in [-0.39, 0.29) is 48.4 Å². The van der Waals surface area contributed by atoms with Crippen LogP contribution >= 0.6 is 23.4 Å². The van der Waals surface area contributed by atoms with Gasteiger partial charge in [0.2, 0.25) is 15.9 Å². The lowest BCUT2D eigenvalue weighted by molar-refractivity contribution is -0.385. The van der Waals surface area contributed by atoms with Gasteiger partial charge in [0.1, 0.15) is 5.52 Å². The largest absolute Gasteiger partial charge is 0.431 e. The molecule has 4 rings (SSSR count). The molecule has 1 saturated heterocycles. The van der Waals surface area contributed by atoms with E-state index in [1.54, 1.807) is 23.1 Å². The lowest BCUT2D eigenvalue weighted by Crippen LogP contribution is -2.50. The summed E-state index contributed by atoms with van der Waals surface area (Å²) < 4.78 is 32.5. The van der Waals surface area contributed by atoms with Gasteiger partial charge >= 0.3 is 0 Å². The quantitative estimate of drug-likeness (QED) is 0.289. The van der Waals surface area contributed by atoms with Gasteiger partial charge in [0.15, 0.2) is 5.58 Å². The number of amides is 1. The smallest absolute Gasteiger partial charge is 0.270 e. The van der Waals surface area contributed by atoms with Crippen LogP contribution in [0.2, 0.25) is 5.02 Å². The number of fused-ring (bicyclic) bond motifs is 1. The van der Waals surface area contributed by atoms with Crippen LogP contribution in [0.15, 0.2) is 57.0 Å². The van der Waals surface area contributed by atoms with Gasteiger partial charge < -0.3 is 9.32 Å². The molecule has 168 valence electrons. The number of thioether (sulfide) groups is 1. The number of sulfonamides is 1. The third-order valence-electron chi connectivity index (χ3n) is 4.91. The van der Waals surface area contributed by atoms with Crippen LogP contribution in [0.25, 0.3) is 11.1 Å². The highest BCUT2D eigenvalue weighted by Crippen LogP contribution is 2.26. The van der Waals surface area contributed by atoms with E-state index in [0.717, 1.165) is 17.8 Å². The third kappa shape index (κ3) is 4.72. The Morgan fingerprint density at radius 2 is 1.94 bits per heavy atom. The van der Waals surface area contributed by atoms with Crippen molar-refractivity contribution in [3.8, 4) is 0 Å². The minimum Gasteiger partial charge on any atom is -0.431 e. The molecule has 1 fully saturated rings. The summed E-state index contributed by atoms with van der Waals surface area (Å²) in [6.45, 7) is 0.638. The van der Waals surface area contributed by atoms with E-state index in [1.165, 1.54) is 22.5 Å². The molecule has 0 N–H and O–H groups in total. The Morgan fingerprint density at radius 1 is 1.19 bits per heavy atom. The maximum Gasteiger partial charge on any atom is 0.270 e. The zero-order chi connectivity index (χ0) is 22.9. The summed E-state index contributed by atoms with van der Waals surface area (Å²) in [4.78, 5) is 28.6. The van der Waals surface area contributed by atoms with Gasteiger partial charge in [0, 0.05) is 43.3 Å². The molecule has 0 radical (unpaired) electrons. The van der Waals surface area contributed by atoms with Gasteiger partial charge in [-0.15, -0.1) is 0 Å². The lowest BCUT2D eigenvalue weighted by atomic mass is 10.3. The van der Waals surface area contributed by atoms with Gasteiger partial charge in [-0.05, 0) is 24.3 Å². The number of halogens is 1. The Hall–Kier alpha value is -2.67. The summed E-state index contributed by atoms with van der Waals surface area (Å²) in [5.41, 5.74) is 0.884. The highest BCUT2D eigenvalue weighted by Gasteiger charge is 2.31. The number of piperazine rings is 1. The summed E-state index contributed by atoms with van der Waals surface area (Å²) in [5.74, 6) is -0.0688. The minimum atomic E-state index is -3.89. The molecule has 0 atom stereocenters. The maximum absolute atomic E-state index is 12.8. The fraction of sp³-hybridized carbons (Fsp3) is 0.263. The average molecular weight is 497 g/mol. The summed E-state index contributed by atoms with van der Waals surface area (Å²) in [5, 5.41) is 11.8. The second kappa shape index (κ2) is 9.06. The van der Waals surface area contributed by atoms with Crippen LogP contribution in [0, 0.1) is 10.1 Å². The summed E-state index contributed by atoms with van der Waals surface area (Å²) in [7, 11) is -3.89. The van der Waals surface area contributed by atoms with E-state index in [0.29, 0.717) is 21.3 Å². The van der Waals surface area contributed by atoms with E-state index in [9.17, 15) is 23.3 Å². The number of hydrogen-bond acceptors (Lipinski definition) is 8. The molecule has 2 aromatic carbocycles. The van der Waals surface area contributed by atoms with Crippen LogP contribution in [0.3, 0.4) is 0 Å². The summed E-state index contributed by atoms with van der Waals surface area (Å²) in [6.07, 6.45) is 0. The molecular formula is C19H17ClN4O6S2. The van der Waals surface area contributed by atoms with Gasteiger partial charge in [-0.25, -0.2) is 13.4 Å². The summed E-state index contributed by atoms with van der Waals surface area (Å²) >= 11 is 7.09. The van der Waals surface area contributed by atoms with Crippen molar-refractivity contribution in [3.63, 3.8) is 0 Å². The topological polar surface area (TPSA) is 127 Å². The molecule has 3 aromatic rings. The molecular weight excluding hydrogens is 480 g/mol. The fourth-order valence-corrected chi connectivity index (χ4v) is 5.61. The zero-order valence-electron chi connectivity index (χ0n) is 16.5. The molecule has 1 amide bonds. The van der Waals surface area contributed by atoms with Gasteiger partial charge in [-0.3, -0.25) is 14.9 Å². The van der Waals surface area contributed by atoms with Crippen LogP contribution in [-0.4, -0.2) is 65.4 Å². The molecule has 0 spiro atoms. The Bertz CT molecular complexity index is 1290. The van der Waals surface area contributed by atoms with Gasteiger partial charge in [-0.1, -0.05) is 29.4 Å². The number of rotatable bonds is 6. The first-order valence-corrected chi connectivity index (χ1v) is 12.3. The number of non-ortho nitro benzene ring substituents is 1. The monoisotopic (exact) mass is 496 g/mol. The van der Waals surface area contributed by atoms with E-state index in [4.69, 9.17) is 16.0 Å². The predicted molar refractivity (Wildman–Crippen MR) is 118 cm³/mol. The zero-order valence-corrected chi connectivity index (χ0v) is 18.9. The molecule has 10 nitrogen and oxygen atoms in total. The lowest BCUT2D eigenvalue weighted by Gasteiger charge is -2.33. The number of benzene rings is 2. The van der Waals surface area contributed by atoms with Crippen LogP contribution in [0.1, 0.15) is 0 Å². The molecule has 0 aliphatic carbocycles. The first-order valence-electron chi connectivity index (χ1n) is 9.45. The van der Waals surface area contributed by atoms with Crippen LogP contribution < -0.4 is 0 Å². The number of nitro groups is 1. The number of hydrogen-bond donors (Lipinski definition) is 0. The molecule has 1 aromatic heterocycles. The van der Waals surface area contributed by atoms with E-state index in [2.05, 4.69) is 4.98 Å². The summed E-state index contributed by atoms with van der Waals surface area (Å²) in [6, 6.07) is 10.0. The number of carbonyl (C=O) groups excluding carboxylic acids is 1. The van der Waals surface area contributed by atoms with Crippen molar-refractivity contribution in [3.05, 3.63) is 57.6 Å². The number of aromatic nitrogens is 1. The van der Waals surface area contributed by atoms with Crippen LogP contribution in [0.4, 0.5) is 5.69 Å². The Labute approximate surface area is 192 Å². The predicted octanol–water partition coefficient (Wildman–Crippen LogP) is 3.01. The number of nitro benzene ring substituents is 1. The molecule has 1 aliphatic heterocycles. The highest BCUT2D eigenvalue weighted by atomic mass is 35.5. The van der Waals surface area contributed by atoms with Crippen molar-refractivity contribution < 1.29 is 22.6 Å². The molecule has 1 aliphatic rings. The fourth-order valence-electron chi connectivity index (χ4n) is 3.24. The first-order chi connectivity index (χ1) is 15.2. The van der Waals surface area contributed by atoms with Crippen molar-refractivity contribution >= 4 is 56.1 Å². The van der Waals surface area contributed by atoms with Gasteiger partial charge in [0.05, 0.1) is 15.6 Å². The molecule has 13 heteroatoms. The molecule has 0 bridgehead atoms. The molecule has 2 heterocycles. The van der Waals surface area contributed by atoms with Gasteiger partial charge in [-0.2, -0.15) is 4.31 Å². The second-order valence-electron chi connectivity index (χ2n) is 6.92. The molecule has 0 unspecified atom stereocenters. The van der Waals surface area contributed by atoms with Gasteiger partial charge in [0.25, 0.3) is 10.9 Å². The highest BCUT2D eigenvalue weighted by molar-refractivity contribution is 7.99. The minimum absolute atomic E-state index is 0.0954. The van der Waals surface area contributed by atoms with Crippen molar-refractivity contribution in [2.45, 2.75) is 10.1 Å². The van der Waals surface area contributed by atoms with Crippen molar-refractivity contribution in [2.24, 2.45) is 0 Å². The van der Waals surface area contributed by atoms with Crippen molar-refractivity contribution in [1.82, 2.24) is 14.2 Å². The third-order valence-corrected chi connectivity index (χ3v) is 7.85. The van der Waals surface area contributed by atoms with E-state index < -0.39 is 14.9 Å². The average Bonchev–Trinajstić information content (AvgIpc) is 3.19.